The molecule has 8 heteroatoms. The molecule has 1 saturated heterocycles. The van der Waals surface area contributed by atoms with Crippen molar-refractivity contribution in [2.75, 3.05) is 6.61 Å². The van der Waals surface area contributed by atoms with E-state index in [1.165, 1.54) is 6.92 Å². The molecule has 0 aromatic heterocycles. The van der Waals surface area contributed by atoms with Crippen molar-refractivity contribution in [3.05, 3.63) is 0 Å². The van der Waals surface area contributed by atoms with Gasteiger partial charge >= 0.3 is 10.4 Å². The van der Waals surface area contributed by atoms with Crippen LogP contribution in [0.25, 0.3) is 0 Å². The van der Waals surface area contributed by atoms with E-state index in [4.69, 9.17) is 9.29 Å². The summed E-state index contributed by atoms with van der Waals surface area (Å²) in [5.41, 5.74) is 0. The molecule has 3 unspecified atom stereocenters. The molecule has 0 aliphatic carbocycles. The minimum atomic E-state index is -4.69. The standard InChI is InChI=1S/C6H12O7S/c1-3-5(8)6(4(7)2-12-3)13-14(9,10)11/h3-8H,2H2,1H3,(H,9,10,11)/t3?,4?,5-,6?/m1/s1. The second-order valence-electron chi connectivity index (χ2n) is 3.08. The maximum absolute atomic E-state index is 10.4. The van der Waals surface area contributed by atoms with Gasteiger partial charge in [-0.25, -0.2) is 4.18 Å². The van der Waals surface area contributed by atoms with Crippen molar-refractivity contribution in [2.24, 2.45) is 0 Å². The number of aliphatic hydroxyl groups is 2. The minimum absolute atomic E-state index is 0.154. The third-order valence-electron chi connectivity index (χ3n) is 1.96. The molecule has 0 saturated carbocycles. The molecule has 7 nitrogen and oxygen atoms in total. The fraction of sp³-hybridized carbons (Fsp3) is 1.00. The second kappa shape index (κ2) is 4.09. The van der Waals surface area contributed by atoms with Gasteiger partial charge in [-0.2, -0.15) is 8.42 Å². The van der Waals surface area contributed by atoms with Crippen LogP contribution >= 0.6 is 0 Å². The van der Waals surface area contributed by atoms with E-state index < -0.39 is 34.8 Å². The Labute approximate surface area is 81.2 Å². The van der Waals surface area contributed by atoms with Crippen LogP contribution in [0.2, 0.25) is 0 Å². The highest BCUT2D eigenvalue weighted by atomic mass is 32.3. The molecular formula is C6H12O7S. The molecule has 1 aliphatic rings. The molecule has 0 spiro atoms. The summed E-state index contributed by atoms with van der Waals surface area (Å²) in [6.45, 7) is 1.34. The van der Waals surface area contributed by atoms with E-state index in [1.807, 2.05) is 0 Å². The Morgan fingerprint density at radius 1 is 1.43 bits per heavy atom. The molecule has 14 heavy (non-hydrogen) atoms. The average Bonchev–Trinajstić information content (AvgIpc) is 2.04. The third kappa shape index (κ3) is 2.87. The van der Waals surface area contributed by atoms with E-state index in [1.54, 1.807) is 0 Å². The van der Waals surface area contributed by atoms with Gasteiger partial charge in [-0.1, -0.05) is 0 Å². The van der Waals surface area contributed by atoms with Crippen LogP contribution in [0.3, 0.4) is 0 Å². The van der Waals surface area contributed by atoms with Gasteiger partial charge < -0.3 is 14.9 Å². The predicted octanol–water partition coefficient (Wildman–Crippen LogP) is -1.69. The molecule has 0 aromatic rings. The molecular weight excluding hydrogens is 216 g/mol. The van der Waals surface area contributed by atoms with E-state index in [9.17, 15) is 18.6 Å². The summed E-state index contributed by atoms with van der Waals surface area (Å²) in [6.07, 6.45) is -4.65. The fourth-order valence-electron chi connectivity index (χ4n) is 1.20. The van der Waals surface area contributed by atoms with Gasteiger partial charge in [-0.3, -0.25) is 4.55 Å². The molecule has 1 rings (SSSR count). The first-order valence-electron chi connectivity index (χ1n) is 3.94. The first-order valence-corrected chi connectivity index (χ1v) is 5.31. The largest absolute Gasteiger partial charge is 0.397 e. The van der Waals surface area contributed by atoms with Gasteiger partial charge in [0.2, 0.25) is 0 Å². The summed E-state index contributed by atoms with van der Waals surface area (Å²) in [4.78, 5) is 0. The number of ether oxygens (including phenoxy) is 1. The molecule has 0 radical (unpaired) electrons. The van der Waals surface area contributed by atoms with Crippen LogP contribution in [-0.4, -0.2) is 54.2 Å². The van der Waals surface area contributed by atoms with Gasteiger partial charge in [0.15, 0.2) is 0 Å². The van der Waals surface area contributed by atoms with E-state index >= 15 is 0 Å². The molecule has 4 atom stereocenters. The van der Waals surface area contributed by atoms with Crippen LogP contribution in [-0.2, 0) is 19.3 Å². The van der Waals surface area contributed by atoms with Crippen LogP contribution in [0.1, 0.15) is 6.92 Å². The van der Waals surface area contributed by atoms with Gasteiger partial charge in [-0.15, -0.1) is 0 Å². The van der Waals surface area contributed by atoms with Crippen LogP contribution in [0, 0.1) is 0 Å². The average molecular weight is 228 g/mol. The Morgan fingerprint density at radius 3 is 2.50 bits per heavy atom. The second-order valence-corrected chi connectivity index (χ2v) is 4.13. The summed E-state index contributed by atoms with van der Waals surface area (Å²) in [7, 11) is -4.69. The molecule has 0 amide bonds. The van der Waals surface area contributed by atoms with Crippen molar-refractivity contribution in [3.63, 3.8) is 0 Å². The van der Waals surface area contributed by atoms with Gasteiger partial charge in [0.05, 0.1) is 12.7 Å². The van der Waals surface area contributed by atoms with E-state index in [0.717, 1.165) is 0 Å². The summed E-state index contributed by atoms with van der Waals surface area (Å²) < 4.78 is 38.1. The highest BCUT2D eigenvalue weighted by Crippen LogP contribution is 2.19. The Morgan fingerprint density at radius 2 is 2.00 bits per heavy atom. The van der Waals surface area contributed by atoms with Gasteiger partial charge in [0, 0.05) is 0 Å². The van der Waals surface area contributed by atoms with Crippen LogP contribution in [0.5, 0.6) is 0 Å². The van der Waals surface area contributed by atoms with Crippen molar-refractivity contribution in [1.29, 1.82) is 0 Å². The maximum Gasteiger partial charge on any atom is 0.397 e. The molecule has 84 valence electrons. The van der Waals surface area contributed by atoms with Crippen molar-refractivity contribution >= 4 is 10.4 Å². The lowest BCUT2D eigenvalue weighted by Crippen LogP contribution is -2.53. The molecule has 3 N–H and O–H groups in total. The first-order chi connectivity index (χ1) is 6.31. The van der Waals surface area contributed by atoms with Gasteiger partial charge in [0.1, 0.15) is 18.3 Å². The lowest BCUT2D eigenvalue weighted by molar-refractivity contribution is -0.173. The zero-order valence-electron chi connectivity index (χ0n) is 7.40. The predicted molar refractivity (Wildman–Crippen MR) is 43.8 cm³/mol. The lowest BCUT2D eigenvalue weighted by Gasteiger charge is -2.34. The van der Waals surface area contributed by atoms with Crippen LogP contribution < -0.4 is 0 Å². The molecule has 0 bridgehead atoms. The topological polar surface area (TPSA) is 113 Å². The van der Waals surface area contributed by atoms with E-state index in [2.05, 4.69) is 4.18 Å². The van der Waals surface area contributed by atoms with E-state index in [-0.39, 0.29) is 6.61 Å². The lowest BCUT2D eigenvalue weighted by atomic mass is 10.0. The summed E-state index contributed by atoms with van der Waals surface area (Å²) >= 11 is 0. The molecule has 1 heterocycles. The number of hydrogen-bond donors (Lipinski definition) is 3. The molecule has 1 fully saturated rings. The molecule has 1 aliphatic heterocycles. The van der Waals surface area contributed by atoms with Crippen molar-refractivity contribution < 1.29 is 32.1 Å². The van der Waals surface area contributed by atoms with Crippen molar-refractivity contribution in [3.8, 4) is 0 Å². The molecule has 0 aromatic carbocycles. The monoisotopic (exact) mass is 228 g/mol. The van der Waals surface area contributed by atoms with E-state index in [0.29, 0.717) is 0 Å². The van der Waals surface area contributed by atoms with Crippen molar-refractivity contribution in [2.45, 2.75) is 31.3 Å². The number of aliphatic hydroxyl groups excluding tert-OH is 2. The fourth-order valence-corrected chi connectivity index (χ4v) is 1.72. The van der Waals surface area contributed by atoms with Crippen LogP contribution in [0.4, 0.5) is 0 Å². The Hall–Kier alpha value is -0.250. The zero-order chi connectivity index (χ0) is 10.9. The van der Waals surface area contributed by atoms with Gasteiger partial charge in [0.25, 0.3) is 0 Å². The van der Waals surface area contributed by atoms with Gasteiger partial charge in [-0.05, 0) is 6.92 Å². The SMILES string of the molecule is CC1OCC(O)C(OS(=O)(=O)O)[C@@H]1O. The number of rotatable bonds is 2. The van der Waals surface area contributed by atoms with Crippen LogP contribution in [0.15, 0.2) is 0 Å². The quantitative estimate of drug-likeness (QED) is 0.483. The Kier molecular flexibility index (Phi) is 3.45. The highest BCUT2D eigenvalue weighted by molar-refractivity contribution is 7.80. The summed E-state index contributed by atoms with van der Waals surface area (Å²) in [5, 5.41) is 18.6. The summed E-state index contributed by atoms with van der Waals surface area (Å²) in [5.74, 6) is 0. The van der Waals surface area contributed by atoms with Crippen molar-refractivity contribution in [1.82, 2.24) is 0 Å². The maximum atomic E-state index is 10.4. The minimum Gasteiger partial charge on any atom is -0.388 e. The Bertz CT molecular complexity index is 287. The summed E-state index contributed by atoms with van der Waals surface area (Å²) in [6, 6.07) is 0. The smallest absolute Gasteiger partial charge is 0.388 e. The Balaban J connectivity index is 2.73. The third-order valence-corrected chi connectivity index (χ3v) is 2.42. The zero-order valence-corrected chi connectivity index (χ0v) is 8.22. The first kappa shape index (κ1) is 11.8. The normalized spacial score (nSPS) is 39.7. The number of hydrogen-bond acceptors (Lipinski definition) is 6. The highest BCUT2D eigenvalue weighted by Gasteiger charge is 2.39.